The third-order valence-corrected chi connectivity index (χ3v) is 4.06. The molecule has 2 aliphatic rings. The van der Waals surface area contributed by atoms with Gasteiger partial charge in [-0.25, -0.2) is 0 Å². The molecule has 0 bridgehead atoms. The minimum atomic E-state index is 0.168. The number of hydrogen-bond acceptors (Lipinski definition) is 2. The predicted octanol–water partition coefficient (Wildman–Crippen LogP) is 2.02. The first-order valence-electron chi connectivity index (χ1n) is 6.55. The first-order valence-corrected chi connectivity index (χ1v) is 7.34. The molecule has 0 unspecified atom stereocenters. The molecule has 1 atom stereocenters. The molecule has 1 saturated heterocycles. The van der Waals surface area contributed by atoms with Gasteiger partial charge in [0.1, 0.15) is 5.69 Å². The van der Waals surface area contributed by atoms with Gasteiger partial charge in [-0.1, -0.05) is 0 Å². The SMILES string of the molecule is C[C@@H]1CN(C(=O)c2cc(Br)cn2C2CC2)CCN1. The number of carbonyl (C=O) groups is 1. The van der Waals surface area contributed by atoms with Crippen molar-refractivity contribution in [3.63, 3.8) is 0 Å². The number of rotatable bonds is 2. The molecule has 1 aromatic heterocycles. The number of carbonyl (C=O) groups excluding carboxylic acids is 1. The van der Waals surface area contributed by atoms with Crippen LogP contribution in [0.3, 0.4) is 0 Å². The Morgan fingerprint density at radius 1 is 1.50 bits per heavy atom. The molecule has 4 nitrogen and oxygen atoms in total. The second-order valence-electron chi connectivity index (χ2n) is 5.29. The highest BCUT2D eigenvalue weighted by Gasteiger charge is 2.30. The van der Waals surface area contributed by atoms with Gasteiger partial charge in [-0.15, -0.1) is 0 Å². The van der Waals surface area contributed by atoms with Gasteiger partial charge in [0.15, 0.2) is 0 Å². The smallest absolute Gasteiger partial charge is 0.270 e. The third kappa shape index (κ3) is 2.34. The molecule has 5 heteroatoms. The Labute approximate surface area is 115 Å². The van der Waals surface area contributed by atoms with Gasteiger partial charge < -0.3 is 14.8 Å². The molecule has 18 heavy (non-hydrogen) atoms. The van der Waals surface area contributed by atoms with Gasteiger partial charge in [0, 0.05) is 42.4 Å². The number of nitrogens with zero attached hydrogens (tertiary/aromatic N) is 2. The Kier molecular flexibility index (Phi) is 3.20. The minimum absolute atomic E-state index is 0.168. The molecule has 1 aliphatic carbocycles. The van der Waals surface area contributed by atoms with Crippen molar-refractivity contribution < 1.29 is 4.79 Å². The molecule has 1 N–H and O–H groups in total. The molecule has 1 aromatic rings. The van der Waals surface area contributed by atoms with Crippen LogP contribution in [0.5, 0.6) is 0 Å². The van der Waals surface area contributed by atoms with Crippen molar-refractivity contribution in [3.8, 4) is 0 Å². The average molecular weight is 312 g/mol. The fraction of sp³-hybridized carbons (Fsp3) is 0.615. The lowest BCUT2D eigenvalue weighted by Gasteiger charge is -2.32. The Balaban J connectivity index is 1.82. The monoisotopic (exact) mass is 311 g/mol. The van der Waals surface area contributed by atoms with Crippen molar-refractivity contribution >= 4 is 21.8 Å². The van der Waals surface area contributed by atoms with Crippen LogP contribution in [0.4, 0.5) is 0 Å². The lowest BCUT2D eigenvalue weighted by molar-refractivity contribution is 0.0698. The van der Waals surface area contributed by atoms with Crippen LogP contribution in [0, 0.1) is 0 Å². The van der Waals surface area contributed by atoms with E-state index in [2.05, 4.69) is 32.7 Å². The molecule has 0 spiro atoms. The van der Waals surface area contributed by atoms with E-state index in [0.717, 1.165) is 29.8 Å². The van der Waals surface area contributed by atoms with Crippen molar-refractivity contribution in [2.75, 3.05) is 19.6 Å². The summed E-state index contributed by atoms with van der Waals surface area (Å²) in [6.45, 7) is 4.61. The summed E-state index contributed by atoms with van der Waals surface area (Å²) in [7, 11) is 0. The van der Waals surface area contributed by atoms with Gasteiger partial charge in [0.2, 0.25) is 0 Å². The second kappa shape index (κ2) is 4.70. The Morgan fingerprint density at radius 2 is 2.28 bits per heavy atom. The van der Waals surface area contributed by atoms with Crippen molar-refractivity contribution in [2.24, 2.45) is 0 Å². The van der Waals surface area contributed by atoms with E-state index < -0.39 is 0 Å². The summed E-state index contributed by atoms with van der Waals surface area (Å²) >= 11 is 3.48. The minimum Gasteiger partial charge on any atom is -0.339 e. The number of nitrogens with one attached hydrogen (secondary N) is 1. The molecule has 3 rings (SSSR count). The largest absolute Gasteiger partial charge is 0.339 e. The fourth-order valence-corrected chi connectivity index (χ4v) is 2.99. The predicted molar refractivity (Wildman–Crippen MR) is 73.8 cm³/mol. The van der Waals surface area contributed by atoms with Gasteiger partial charge in [-0.05, 0) is 41.8 Å². The maximum Gasteiger partial charge on any atom is 0.270 e. The maximum absolute atomic E-state index is 12.6. The van der Waals surface area contributed by atoms with E-state index in [1.165, 1.54) is 12.8 Å². The molecule has 2 heterocycles. The van der Waals surface area contributed by atoms with Gasteiger partial charge in [-0.3, -0.25) is 4.79 Å². The first-order chi connectivity index (χ1) is 8.65. The molecular weight excluding hydrogens is 294 g/mol. The number of halogens is 1. The Hall–Kier alpha value is -0.810. The van der Waals surface area contributed by atoms with Crippen LogP contribution in [0.15, 0.2) is 16.7 Å². The number of aromatic nitrogens is 1. The number of amides is 1. The highest BCUT2D eigenvalue weighted by atomic mass is 79.9. The standard InChI is InChI=1S/C13H18BrN3O/c1-9-7-16(5-4-15-9)13(18)12-6-10(14)8-17(12)11-2-3-11/h6,8-9,11,15H,2-5,7H2,1H3/t9-/m1/s1. The molecule has 0 aromatic carbocycles. The second-order valence-corrected chi connectivity index (χ2v) is 6.20. The molecule has 1 saturated carbocycles. The Bertz CT molecular complexity index is 467. The molecule has 2 fully saturated rings. The van der Waals surface area contributed by atoms with Crippen LogP contribution < -0.4 is 5.32 Å². The zero-order chi connectivity index (χ0) is 12.7. The lowest BCUT2D eigenvalue weighted by atomic mass is 10.2. The third-order valence-electron chi connectivity index (χ3n) is 3.63. The van der Waals surface area contributed by atoms with Gasteiger partial charge in [0.25, 0.3) is 5.91 Å². The highest BCUT2D eigenvalue weighted by molar-refractivity contribution is 9.10. The van der Waals surface area contributed by atoms with Crippen LogP contribution in [0.1, 0.15) is 36.3 Å². The fourth-order valence-electron chi connectivity index (χ4n) is 2.55. The van der Waals surface area contributed by atoms with E-state index in [1.807, 2.05) is 17.2 Å². The van der Waals surface area contributed by atoms with Crippen molar-refractivity contribution in [1.29, 1.82) is 0 Å². The summed E-state index contributed by atoms with van der Waals surface area (Å²) in [5, 5.41) is 3.36. The average Bonchev–Trinajstić information content (AvgIpc) is 3.12. The lowest BCUT2D eigenvalue weighted by Crippen LogP contribution is -2.51. The van der Waals surface area contributed by atoms with Gasteiger partial charge >= 0.3 is 0 Å². The summed E-state index contributed by atoms with van der Waals surface area (Å²) in [5.74, 6) is 0.168. The van der Waals surface area contributed by atoms with E-state index in [-0.39, 0.29) is 5.91 Å². The van der Waals surface area contributed by atoms with E-state index in [1.54, 1.807) is 0 Å². The van der Waals surface area contributed by atoms with Gasteiger partial charge in [0.05, 0.1) is 0 Å². The van der Waals surface area contributed by atoms with Crippen LogP contribution >= 0.6 is 15.9 Å². The molecule has 0 radical (unpaired) electrons. The van der Waals surface area contributed by atoms with Crippen LogP contribution in [0.25, 0.3) is 0 Å². The van der Waals surface area contributed by atoms with Crippen LogP contribution in [-0.4, -0.2) is 41.1 Å². The van der Waals surface area contributed by atoms with Gasteiger partial charge in [-0.2, -0.15) is 0 Å². The summed E-state index contributed by atoms with van der Waals surface area (Å²) < 4.78 is 3.14. The van der Waals surface area contributed by atoms with Crippen molar-refractivity contribution in [1.82, 2.24) is 14.8 Å². The highest BCUT2D eigenvalue weighted by Crippen LogP contribution is 2.37. The van der Waals surface area contributed by atoms with Crippen LogP contribution in [-0.2, 0) is 0 Å². The summed E-state index contributed by atoms with van der Waals surface area (Å²) in [5.41, 5.74) is 0.832. The molecular formula is C13H18BrN3O. The van der Waals surface area contributed by atoms with Crippen LogP contribution in [0.2, 0.25) is 0 Å². The number of piperazine rings is 1. The quantitative estimate of drug-likeness (QED) is 0.907. The zero-order valence-electron chi connectivity index (χ0n) is 10.5. The summed E-state index contributed by atoms with van der Waals surface area (Å²) in [4.78, 5) is 14.5. The molecule has 1 amide bonds. The molecule has 98 valence electrons. The van der Waals surface area contributed by atoms with E-state index >= 15 is 0 Å². The zero-order valence-corrected chi connectivity index (χ0v) is 12.1. The topological polar surface area (TPSA) is 37.3 Å². The first kappa shape index (κ1) is 12.2. The van der Waals surface area contributed by atoms with E-state index in [0.29, 0.717) is 12.1 Å². The van der Waals surface area contributed by atoms with E-state index in [4.69, 9.17) is 0 Å². The normalized spacial score (nSPS) is 24.3. The Morgan fingerprint density at radius 3 is 2.94 bits per heavy atom. The summed E-state index contributed by atoms with van der Waals surface area (Å²) in [6, 6.07) is 2.87. The van der Waals surface area contributed by atoms with Crippen molar-refractivity contribution in [2.45, 2.75) is 31.8 Å². The molecule has 1 aliphatic heterocycles. The van der Waals surface area contributed by atoms with Crippen molar-refractivity contribution in [3.05, 3.63) is 22.4 Å². The number of hydrogen-bond donors (Lipinski definition) is 1. The maximum atomic E-state index is 12.6. The summed E-state index contributed by atoms with van der Waals surface area (Å²) in [6.07, 6.45) is 4.43. The van der Waals surface area contributed by atoms with E-state index in [9.17, 15) is 4.79 Å².